The first-order valence-electron chi connectivity index (χ1n) is 4.72. The van der Waals surface area contributed by atoms with Gasteiger partial charge in [0.05, 0.1) is 31.2 Å². The molecule has 0 fully saturated rings. The average molecular weight is 224 g/mol. The molecule has 4 nitrogen and oxygen atoms in total. The molecule has 0 saturated carbocycles. The van der Waals surface area contributed by atoms with E-state index in [1.54, 1.807) is 6.92 Å². The van der Waals surface area contributed by atoms with Crippen molar-refractivity contribution in [2.75, 3.05) is 6.61 Å². The molecule has 0 aliphatic heterocycles. The highest BCUT2D eigenvalue weighted by atomic mass is 32.1. The number of nitriles is 1. The first-order valence-corrected chi connectivity index (χ1v) is 5.60. The van der Waals surface area contributed by atoms with Gasteiger partial charge >= 0.3 is 5.97 Å². The van der Waals surface area contributed by atoms with Gasteiger partial charge in [-0.05, 0) is 6.92 Å². The first-order chi connectivity index (χ1) is 7.26. The molecular weight excluding hydrogens is 212 g/mol. The molecule has 5 heteroatoms. The molecule has 80 valence electrons. The lowest BCUT2D eigenvalue weighted by molar-refractivity contribution is -0.143. The molecule has 1 aromatic rings. The number of ether oxygens (including phenoxy) is 1. The molecule has 1 rings (SSSR count). The van der Waals surface area contributed by atoms with E-state index in [1.165, 1.54) is 11.3 Å². The maximum absolute atomic E-state index is 11.0. The summed E-state index contributed by atoms with van der Waals surface area (Å²) in [6, 6.07) is 2.04. The van der Waals surface area contributed by atoms with Crippen LogP contribution < -0.4 is 0 Å². The SMILES string of the molecule is CCOC(=O)CCc1csc(CC#N)n1. The van der Waals surface area contributed by atoms with Crippen LogP contribution in [0.1, 0.15) is 24.0 Å². The van der Waals surface area contributed by atoms with E-state index >= 15 is 0 Å². The summed E-state index contributed by atoms with van der Waals surface area (Å²) in [5, 5.41) is 11.1. The fraction of sp³-hybridized carbons (Fsp3) is 0.500. The summed E-state index contributed by atoms with van der Waals surface area (Å²) in [5.74, 6) is -0.202. The number of hydrogen-bond donors (Lipinski definition) is 0. The zero-order valence-corrected chi connectivity index (χ0v) is 9.34. The largest absolute Gasteiger partial charge is 0.466 e. The fourth-order valence-electron chi connectivity index (χ4n) is 1.08. The Labute approximate surface area is 92.5 Å². The molecule has 0 aromatic carbocycles. The molecule has 15 heavy (non-hydrogen) atoms. The van der Waals surface area contributed by atoms with Gasteiger partial charge in [0.15, 0.2) is 0 Å². The van der Waals surface area contributed by atoms with Crippen LogP contribution in [0.2, 0.25) is 0 Å². The normalized spacial score (nSPS) is 9.60. The Bertz CT molecular complexity index is 368. The second kappa shape index (κ2) is 6.14. The Morgan fingerprint density at radius 1 is 1.73 bits per heavy atom. The van der Waals surface area contributed by atoms with E-state index in [-0.39, 0.29) is 5.97 Å². The molecule has 1 heterocycles. The number of aromatic nitrogens is 1. The fourth-order valence-corrected chi connectivity index (χ4v) is 1.84. The number of hydrogen-bond acceptors (Lipinski definition) is 5. The maximum Gasteiger partial charge on any atom is 0.306 e. The van der Waals surface area contributed by atoms with Crippen molar-refractivity contribution in [2.24, 2.45) is 0 Å². The van der Waals surface area contributed by atoms with E-state index in [0.29, 0.717) is 25.9 Å². The molecule has 0 bridgehead atoms. The predicted molar refractivity (Wildman–Crippen MR) is 56.4 cm³/mol. The van der Waals surface area contributed by atoms with Gasteiger partial charge in [0.25, 0.3) is 0 Å². The van der Waals surface area contributed by atoms with E-state index in [0.717, 1.165) is 10.7 Å². The number of carbonyl (C=O) groups is 1. The molecule has 0 saturated heterocycles. The molecule has 0 unspecified atom stereocenters. The second-order valence-electron chi connectivity index (χ2n) is 2.87. The predicted octanol–water partition coefficient (Wildman–Crippen LogP) is 1.70. The van der Waals surface area contributed by atoms with E-state index < -0.39 is 0 Å². The van der Waals surface area contributed by atoms with Gasteiger partial charge in [0.2, 0.25) is 0 Å². The summed E-state index contributed by atoms with van der Waals surface area (Å²) in [6.45, 7) is 2.20. The number of esters is 1. The first kappa shape index (κ1) is 11.7. The third kappa shape index (κ3) is 4.09. The van der Waals surface area contributed by atoms with E-state index in [9.17, 15) is 4.79 Å². The Balaban J connectivity index is 2.38. The lowest BCUT2D eigenvalue weighted by Gasteiger charge is -1.98. The highest BCUT2D eigenvalue weighted by Gasteiger charge is 2.05. The maximum atomic E-state index is 11.0. The summed E-state index contributed by atoms with van der Waals surface area (Å²) in [5.41, 5.74) is 0.860. The summed E-state index contributed by atoms with van der Waals surface area (Å²) in [4.78, 5) is 15.3. The van der Waals surface area contributed by atoms with Crippen LogP contribution in [0.25, 0.3) is 0 Å². The molecule has 0 aliphatic rings. The highest BCUT2D eigenvalue weighted by molar-refractivity contribution is 7.09. The van der Waals surface area contributed by atoms with Crippen LogP contribution >= 0.6 is 11.3 Å². The van der Waals surface area contributed by atoms with Crippen LogP contribution in [0.3, 0.4) is 0 Å². The van der Waals surface area contributed by atoms with Gasteiger partial charge in [-0.25, -0.2) is 4.98 Å². The summed E-state index contributed by atoms with van der Waals surface area (Å²) >= 11 is 1.45. The van der Waals surface area contributed by atoms with Crippen LogP contribution in [0.4, 0.5) is 0 Å². The molecular formula is C10H12N2O2S. The lowest BCUT2D eigenvalue weighted by atomic mass is 10.2. The Morgan fingerprint density at radius 2 is 2.53 bits per heavy atom. The van der Waals surface area contributed by atoms with E-state index in [2.05, 4.69) is 4.98 Å². The van der Waals surface area contributed by atoms with Gasteiger partial charge in [-0.15, -0.1) is 11.3 Å². The quantitative estimate of drug-likeness (QED) is 0.714. The number of nitrogens with zero attached hydrogens (tertiary/aromatic N) is 2. The zero-order valence-electron chi connectivity index (χ0n) is 8.52. The molecule has 0 spiro atoms. The minimum Gasteiger partial charge on any atom is -0.466 e. The minimum absolute atomic E-state index is 0.202. The Hall–Kier alpha value is -1.41. The van der Waals surface area contributed by atoms with Gasteiger partial charge in [-0.2, -0.15) is 5.26 Å². The standard InChI is InChI=1S/C10H12N2O2S/c1-2-14-10(13)4-3-8-7-15-9(12-8)5-6-11/h7H,2-5H2,1H3. The van der Waals surface area contributed by atoms with E-state index in [4.69, 9.17) is 10.00 Å². The van der Waals surface area contributed by atoms with Gasteiger partial charge in [0, 0.05) is 11.8 Å². The van der Waals surface area contributed by atoms with Gasteiger partial charge in [-0.1, -0.05) is 0 Å². The van der Waals surface area contributed by atoms with Crippen molar-refractivity contribution in [3.05, 3.63) is 16.1 Å². The number of rotatable bonds is 5. The Morgan fingerprint density at radius 3 is 3.20 bits per heavy atom. The Kier molecular flexibility index (Phi) is 4.78. The third-order valence-electron chi connectivity index (χ3n) is 1.72. The lowest BCUT2D eigenvalue weighted by Crippen LogP contribution is -2.05. The second-order valence-corrected chi connectivity index (χ2v) is 3.82. The van der Waals surface area contributed by atoms with Crippen LogP contribution in [0, 0.1) is 11.3 Å². The van der Waals surface area contributed by atoms with E-state index in [1.807, 2.05) is 11.4 Å². The highest BCUT2D eigenvalue weighted by Crippen LogP contribution is 2.11. The monoisotopic (exact) mass is 224 g/mol. The van der Waals surface area contributed by atoms with Crippen LogP contribution in [0.15, 0.2) is 5.38 Å². The molecule has 0 N–H and O–H groups in total. The van der Waals surface area contributed by atoms with Gasteiger partial charge < -0.3 is 4.74 Å². The van der Waals surface area contributed by atoms with Crippen molar-refractivity contribution < 1.29 is 9.53 Å². The summed E-state index contributed by atoms with van der Waals surface area (Å²) in [7, 11) is 0. The van der Waals surface area contributed by atoms with Crippen LogP contribution in [-0.2, 0) is 22.4 Å². The molecule has 0 radical (unpaired) electrons. The zero-order chi connectivity index (χ0) is 11.1. The average Bonchev–Trinajstić information content (AvgIpc) is 2.64. The van der Waals surface area contributed by atoms with Crippen LogP contribution in [-0.4, -0.2) is 17.6 Å². The van der Waals surface area contributed by atoms with Crippen molar-refractivity contribution in [1.29, 1.82) is 5.26 Å². The van der Waals surface area contributed by atoms with Crippen molar-refractivity contribution in [3.8, 4) is 6.07 Å². The molecule has 0 aliphatic carbocycles. The topological polar surface area (TPSA) is 63.0 Å². The van der Waals surface area contributed by atoms with Crippen molar-refractivity contribution in [3.63, 3.8) is 0 Å². The number of aryl methyl sites for hydroxylation is 1. The van der Waals surface area contributed by atoms with Crippen molar-refractivity contribution in [2.45, 2.75) is 26.2 Å². The minimum atomic E-state index is -0.202. The smallest absolute Gasteiger partial charge is 0.306 e. The number of thiazole rings is 1. The number of carbonyl (C=O) groups excluding carboxylic acids is 1. The van der Waals surface area contributed by atoms with Gasteiger partial charge in [-0.3, -0.25) is 4.79 Å². The molecule has 0 amide bonds. The van der Waals surface area contributed by atoms with Gasteiger partial charge in [0.1, 0.15) is 5.01 Å². The summed E-state index contributed by atoms with van der Waals surface area (Å²) in [6.07, 6.45) is 1.27. The van der Waals surface area contributed by atoms with Crippen molar-refractivity contribution in [1.82, 2.24) is 4.98 Å². The molecule has 0 atom stereocenters. The van der Waals surface area contributed by atoms with Crippen LogP contribution in [0.5, 0.6) is 0 Å². The third-order valence-corrected chi connectivity index (χ3v) is 2.62. The summed E-state index contributed by atoms with van der Waals surface area (Å²) < 4.78 is 4.80. The molecule has 1 aromatic heterocycles. The van der Waals surface area contributed by atoms with Crippen molar-refractivity contribution >= 4 is 17.3 Å².